The summed E-state index contributed by atoms with van der Waals surface area (Å²) < 4.78 is 8.93. The van der Waals surface area contributed by atoms with Crippen LogP contribution in [0.1, 0.15) is 12.8 Å². The zero-order chi connectivity index (χ0) is 28.5. The molecule has 12 heteroatoms. The van der Waals surface area contributed by atoms with E-state index in [1.807, 2.05) is 36.4 Å². The maximum absolute atomic E-state index is 13.5. The molecule has 0 atom stereocenters. The van der Waals surface area contributed by atoms with Crippen molar-refractivity contribution in [1.82, 2.24) is 29.2 Å². The first-order valence-electron chi connectivity index (χ1n) is 13.7. The minimum atomic E-state index is -0.220. The highest BCUT2D eigenvalue weighted by Gasteiger charge is 2.28. The van der Waals surface area contributed by atoms with E-state index in [0.29, 0.717) is 47.5 Å². The van der Waals surface area contributed by atoms with E-state index in [4.69, 9.17) is 14.7 Å². The fourth-order valence-corrected chi connectivity index (χ4v) is 4.97. The fraction of sp³-hybridized carbons (Fsp3) is 0.345. The molecule has 0 spiro atoms. The Bertz CT molecular complexity index is 1670. The number of ether oxygens (including phenoxy) is 1. The van der Waals surface area contributed by atoms with Gasteiger partial charge in [-0.3, -0.25) is 14.5 Å². The number of hydrogen-bond donors (Lipinski definition) is 1. The van der Waals surface area contributed by atoms with Gasteiger partial charge in [0.15, 0.2) is 29.6 Å². The van der Waals surface area contributed by atoms with E-state index in [-0.39, 0.29) is 18.1 Å². The summed E-state index contributed by atoms with van der Waals surface area (Å²) in [6.45, 7) is 2.74. The van der Waals surface area contributed by atoms with E-state index in [1.54, 1.807) is 32.6 Å². The monoisotopic (exact) mass is 555 g/mol. The van der Waals surface area contributed by atoms with Gasteiger partial charge in [0.1, 0.15) is 5.39 Å². The van der Waals surface area contributed by atoms with Crippen LogP contribution in [0.25, 0.3) is 16.9 Å². The first kappa shape index (κ1) is 26.5. The van der Waals surface area contributed by atoms with Crippen LogP contribution in [-0.4, -0.2) is 82.5 Å². The third kappa shape index (κ3) is 5.25. The van der Waals surface area contributed by atoms with Gasteiger partial charge in [-0.25, -0.2) is 19.3 Å². The smallest absolute Gasteiger partial charge is 0.278 e. The molecule has 6 rings (SSSR count). The Morgan fingerprint density at radius 2 is 1.83 bits per heavy atom. The summed E-state index contributed by atoms with van der Waals surface area (Å²) in [4.78, 5) is 46.2. The maximum atomic E-state index is 13.5. The molecule has 4 aromatic rings. The fourth-order valence-electron chi connectivity index (χ4n) is 4.97. The predicted octanol–water partition coefficient (Wildman–Crippen LogP) is 2.79. The standard InChI is InChI=1S/C29H33N9O3/c1-34(2)16-17-35(3)21-10-8-20(9-11-21)31-29-30-18-22-26(33-29)38-24-13-12-23-27(32-24)36(25(39)19-41-23)14-6-4-5-7-15-37(38)28(22)40/h5,7-13,18H,4,6,14-17,19H2,1-3H3,(H,30,31,33)/b7-5-. The third-order valence-electron chi connectivity index (χ3n) is 7.27. The molecule has 0 aliphatic carbocycles. The van der Waals surface area contributed by atoms with Gasteiger partial charge in [0, 0.05) is 44.3 Å². The van der Waals surface area contributed by atoms with Crippen LogP contribution in [-0.2, 0) is 11.3 Å². The largest absolute Gasteiger partial charge is 0.480 e. The van der Waals surface area contributed by atoms with Crippen LogP contribution >= 0.6 is 0 Å². The van der Waals surface area contributed by atoms with Crippen molar-refractivity contribution in [1.29, 1.82) is 0 Å². The Morgan fingerprint density at radius 3 is 2.63 bits per heavy atom. The van der Waals surface area contributed by atoms with Gasteiger partial charge in [0.05, 0.1) is 6.54 Å². The summed E-state index contributed by atoms with van der Waals surface area (Å²) in [6.07, 6.45) is 7.08. The number of carbonyl (C=O) groups excluding carboxylic acids is 1. The molecule has 0 fully saturated rings. The van der Waals surface area contributed by atoms with Crippen molar-refractivity contribution >= 4 is 40.1 Å². The zero-order valence-electron chi connectivity index (χ0n) is 23.4. The van der Waals surface area contributed by atoms with E-state index < -0.39 is 0 Å². The Kier molecular flexibility index (Phi) is 7.14. The van der Waals surface area contributed by atoms with Crippen molar-refractivity contribution in [3.05, 3.63) is 65.1 Å². The Hall–Kier alpha value is -4.71. The van der Waals surface area contributed by atoms with Gasteiger partial charge in [0.25, 0.3) is 11.5 Å². The number of fused-ring (bicyclic) bond motifs is 5. The van der Waals surface area contributed by atoms with Crippen LogP contribution in [0.5, 0.6) is 5.75 Å². The van der Waals surface area contributed by atoms with Crippen molar-refractivity contribution in [2.75, 3.05) is 62.5 Å². The van der Waals surface area contributed by atoms with Crippen molar-refractivity contribution in [2.45, 2.75) is 19.4 Å². The summed E-state index contributed by atoms with van der Waals surface area (Å²) in [7, 11) is 6.19. The predicted molar refractivity (Wildman–Crippen MR) is 159 cm³/mol. The van der Waals surface area contributed by atoms with Crippen LogP contribution in [0.2, 0.25) is 0 Å². The maximum Gasteiger partial charge on any atom is 0.278 e. The molecule has 2 aliphatic rings. The molecule has 0 saturated heterocycles. The van der Waals surface area contributed by atoms with E-state index in [1.165, 1.54) is 0 Å². The van der Waals surface area contributed by atoms with E-state index in [9.17, 15) is 9.59 Å². The minimum absolute atomic E-state index is 0.0172. The lowest BCUT2D eigenvalue weighted by molar-refractivity contribution is -0.121. The van der Waals surface area contributed by atoms with Crippen molar-refractivity contribution < 1.29 is 9.53 Å². The second-order valence-electron chi connectivity index (χ2n) is 10.5. The molecule has 41 heavy (non-hydrogen) atoms. The van der Waals surface area contributed by atoms with Crippen LogP contribution in [0.4, 0.5) is 23.1 Å². The van der Waals surface area contributed by atoms with Crippen molar-refractivity contribution in [2.24, 2.45) is 0 Å². The number of amides is 1. The SMILES string of the molecule is CN(C)CCN(C)c1ccc(Nc2ncc3c(=O)n4n(c3n2)-c2ccc3c(n2)N(CCC/C=C\C4)C(=O)CO3)cc1. The second kappa shape index (κ2) is 11.0. The topological polar surface area (TPSA) is 114 Å². The summed E-state index contributed by atoms with van der Waals surface area (Å²) in [5.41, 5.74) is 2.13. The highest BCUT2D eigenvalue weighted by atomic mass is 16.5. The molecule has 12 nitrogen and oxygen atoms in total. The number of nitrogens with zero attached hydrogens (tertiary/aromatic N) is 8. The Labute approximate surface area is 237 Å². The highest BCUT2D eigenvalue weighted by molar-refractivity contribution is 5.96. The highest BCUT2D eigenvalue weighted by Crippen LogP contribution is 2.32. The minimum Gasteiger partial charge on any atom is -0.480 e. The number of allylic oxidation sites excluding steroid dienone is 2. The molecule has 2 aliphatic heterocycles. The number of rotatable bonds is 6. The first-order valence-corrected chi connectivity index (χ1v) is 13.7. The van der Waals surface area contributed by atoms with Gasteiger partial charge >= 0.3 is 0 Å². The number of likely N-dealkylation sites (N-methyl/N-ethyl adjacent to an activating group) is 2. The Morgan fingerprint density at radius 1 is 1.00 bits per heavy atom. The van der Waals surface area contributed by atoms with Gasteiger partial charge in [-0.05, 0) is 63.3 Å². The molecule has 3 aromatic heterocycles. The first-order chi connectivity index (χ1) is 19.9. The number of pyridine rings is 1. The average molecular weight is 556 g/mol. The molecule has 1 aromatic carbocycles. The van der Waals surface area contributed by atoms with Crippen LogP contribution in [0, 0.1) is 0 Å². The number of aromatic nitrogens is 5. The van der Waals surface area contributed by atoms with Crippen LogP contribution in [0.3, 0.4) is 0 Å². The second-order valence-corrected chi connectivity index (χ2v) is 10.5. The lowest BCUT2D eigenvalue weighted by Gasteiger charge is -2.28. The van der Waals surface area contributed by atoms with E-state index in [0.717, 1.165) is 37.3 Å². The van der Waals surface area contributed by atoms with Gasteiger partial charge in [-0.2, -0.15) is 4.98 Å². The normalized spacial score (nSPS) is 15.6. The number of anilines is 4. The molecular weight excluding hydrogens is 522 g/mol. The molecule has 0 radical (unpaired) electrons. The van der Waals surface area contributed by atoms with Crippen molar-refractivity contribution in [3.8, 4) is 11.6 Å². The molecule has 0 unspecified atom stereocenters. The van der Waals surface area contributed by atoms with Gasteiger partial charge in [-0.15, -0.1) is 0 Å². The summed E-state index contributed by atoms with van der Waals surface area (Å²) in [5.74, 6) is 1.67. The molecular formula is C29H33N9O3. The van der Waals surface area contributed by atoms with Crippen molar-refractivity contribution in [3.63, 3.8) is 0 Å². The zero-order valence-corrected chi connectivity index (χ0v) is 23.4. The summed E-state index contributed by atoms with van der Waals surface area (Å²) in [5, 5.41) is 3.64. The number of hydrogen-bond acceptors (Lipinski definition) is 9. The van der Waals surface area contributed by atoms with Crippen LogP contribution in [0.15, 0.2) is 59.5 Å². The summed E-state index contributed by atoms with van der Waals surface area (Å²) >= 11 is 0. The summed E-state index contributed by atoms with van der Waals surface area (Å²) in [6, 6.07) is 11.6. The number of carbonyl (C=O) groups is 1. The molecule has 0 saturated carbocycles. The van der Waals surface area contributed by atoms with E-state index >= 15 is 0 Å². The Balaban J connectivity index is 1.38. The quantitative estimate of drug-likeness (QED) is 0.359. The average Bonchev–Trinajstić information content (AvgIpc) is 3.24. The molecule has 212 valence electrons. The molecule has 1 N–H and O–H groups in total. The molecule has 2 bridgehead atoms. The molecule has 1 amide bonds. The number of nitrogens with one attached hydrogen (secondary N) is 1. The van der Waals surface area contributed by atoms with Gasteiger partial charge < -0.3 is 19.9 Å². The van der Waals surface area contributed by atoms with Gasteiger partial charge in [-0.1, -0.05) is 12.2 Å². The molecule has 5 heterocycles. The van der Waals surface area contributed by atoms with Gasteiger partial charge in [0.2, 0.25) is 5.95 Å². The number of benzene rings is 1. The lowest BCUT2D eigenvalue weighted by atomic mass is 10.2. The lowest BCUT2D eigenvalue weighted by Crippen LogP contribution is -2.40. The van der Waals surface area contributed by atoms with E-state index in [2.05, 4.69) is 41.2 Å². The third-order valence-corrected chi connectivity index (χ3v) is 7.27. The van der Waals surface area contributed by atoms with Crippen LogP contribution < -0.4 is 25.4 Å².